The van der Waals surface area contributed by atoms with Crippen LogP contribution in [0.1, 0.15) is 66.5 Å². The Morgan fingerprint density at radius 3 is 1.94 bits per heavy atom. The van der Waals surface area contributed by atoms with Gasteiger partial charge in [0, 0.05) is 22.8 Å². The van der Waals surface area contributed by atoms with Crippen LogP contribution >= 0.6 is 12.2 Å². The molecule has 1 aromatic rings. The Bertz CT molecular complexity index is 408. The van der Waals surface area contributed by atoms with Crippen LogP contribution in [-0.2, 0) is 11.0 Å². The monoisotopic (exact) mass is 254 g/mol. The van der Waals surface area contributed by atoms with Gasteiger partial charge in [-0.1, -0.05) is 41.5 Å². The zero-order valence-electron chi connectivity index (χ0n) is 12.1. The fourth-order valence-corrected chi connectivity index (χ4v) is 2.97. The van der Waals surface area contributed by atoms with E-state index in [1.807, 2.05) is 0 Å². The van der Waals surface area contributed by atoms with Gasteiger partial charge in [-0.25, -0.2) is 0 Å². The predicted molar refractivity (Wildman–Crippen MR) is 77.2 cm³/mol. The van der Waals surface area contributed by atoms with Crippen LogP contribution < -0.4 is 0 Å². The van der Waals surface area contributed by atoms with Gasteiger partial charge in [-0.2, -0.15) is 0 Å². The third-order valence-electron chi connectivity index (χ3n) is 3.99. The third-order valence-corrected chi connectivity index (χ3v) is 4.29. The van der Waals surface area contributed by atoms with Crippen molar-refractivity contribution in [1.29, 1.82) is 0 Å². The first kappa shape index (κ1) is 14.5. The number of nitrogens with zero attached hydrogens (tertiary/aromatic N) is 1. The van der Waals surface area contributed by atoms with Crippen LogP contribution in [0.15, 0.2) is 6.20 Å². The van der Waals surface area contributed by atoms with E-state index in [4.69, 9.17) is 12.2 Å². The van der Waals surface area contributed by atoms with Gasteiger partial charge in [0.2, 0.25) is 0 Å². The molecule has 0 aliphatic carbocycles. The molecular weight excluding hydrogens is 228 g/mol. The minimum atomic E-state index is 0.123. The lowest BCUT2D eigenvalue weighted by molar-refractivity contribution is 0.232. The van der Waals surface area contributed by atoms with Crippen LogP contribution in [0.2, 0.25) is 0 Å². The number of H-pyrrole nitrogens is 1. The molecule has 0 aromatic carbocycles. The molecule has 98 valence electrons. The number of imidazole rings is 1. The van der Waals surface area contributed by atoms with Gasteiger partial charge in [0.15, 0.2) is 4.77 Å². The van der Waals surface area contributed by atoms with Gasteiger partial charge in [0.1, 0.15) is 0 Å². The summed E-state index contributed by atoms with van der Waals surface area (Å²) in [5.41, 5.74) is 1.60. The summed E-state index contributed by atoms with van der Waals surface area (Å²) in [6, 6.07) is 0. The SMILES string of the molecule is CCC(CC)(CC)n1c(C(C)(C)C)c[nH]c1=S. The first-order chi connectivity index (χ1) is 7.82. The topological polar surface area (TPSA) is 20.7 Å². The minimum absolute atomic E-state index is 0.123. The lowest BCUT2D eigenvalue weighted by atomic mass is 9.86. The highest BCUT2D eigenvalue weighted by molar-refractivity contribution is 7.71. The summed E-state index contributed by atoms with van der Waals surface area (Å²) in [6.45, 7) is 13.5. The van der Waals surface area contributed by atoms with Crippen molar-refractivity contribution in [3.05, 3.63) is 16.7 Å². The van der Waals surface area contributed by atoms with Crippen molar-refractivity contribution in [2.24, 2.45) is 0 Å². The van der Waals surface area contributed by atoms with Crippen LogP contribution in [-0.4, -0.2) is 9.55 Å². The van der Waals surface area contributed by atoms with Gasteiger partial charge < -0.3 is 9.55 Å². The second-order valence-electron chi connectivity index (χ2n) is 5.85. The van der Waals surface area contributed by atoms with Crippen molar-refractivity contribution in [3.63, 3.8) is 0 Å². The van der Waals surface area contributed by atoms with Crippen molar-refractivity contribution in [2.45, 2.75) is 71.8 Å². The maximum absolute atomic E-state index is 5.50. The van der Waals surface area contributed by atoms with E-state index in [2.05, 4.69) is 57.3 Å². The Labute approximate surface area is 110 Å². The number of rotatable bonds is 4. The second kappa shape index (κ2) is 4.97. The van der Waals surface area contributed by atoms with Crippen molar-refractivity contribution in [3.8, 4) is 0 Å². The van der Waals surface area contributed by atoms with Crippen molar-refractivity contribution >= 4 is 12.2 Å². The highest BCUT2D eigenvalue weighted by Crippen LogP contribution is 2.34. The van der Waals surface area contributed by atoms with E-state index in [1.54, 1.807) is 0 Å². The Kier molecular flexibility index (Phi) is 4.23. The molecule has 2 nitrogen and oxygen atoms in total. The molecule has 17 heavy (non-hydrogen) atoms. The van der Waals surface area contributed by atoms with Crippen molar-refractivity contribution in [2.75, 3.05) is 0 Å². The predicted octanol–water partition coefficient (Wildman–Crippen LogP) is 4.77. The third kappa shape index (κ3) is 2.49. The smallest absolute Gasteiger partial charge is 0.177 e. The van der Waals surface area contributed by atoms with Gasteiger partial charge in [-0.15, -0.1) is 0 Å². The van der Waals surface area contributed by atoms with Crippen molar-refractivity contribution < 1.29 is 0 Å². The van der Waals surface area contributed by atoms with Crippen LogP contribution in [0.3, 0.4) is 0 Å². The van der Waals surface area contributed by atoms with Gasteiger partial charge in [-0.05, 0) is 31.5 Å². The Morgan fingerprint density at radius 2 is 1.59 bits per heavy atom. The van der Waals surface area contributed by atoms with E-state index in [-0.39, 0.29) is 11.0 Å². The summed E-state index contributed by atoms with van der Waals surface area (Å²) in [5.74, 6) is 0. The second-order valence-corrected chi connectivity index (χ2v) is 6.24. The molecular formula is C14H26N2S. The standard InChI is InChI=1S/C14H26N2S/c1-7-14(8-2,9-3)16-11(13(4,5)6)10-15-12(16)17/h10H,7-9H2,1-6H3,(H,15,17). The number of aromatic amines is 1. The molecule has 3 heteroatoms. The Morgan fingerprint density at radius 1 is 1.12 bits per heavy atom. The molecule has 0 radical (unpaired) electrons. The number of aromatic nitrogens is 2. The molecule has 0 aliphatic rings. The molecule has 0 fully saturated rings. The molecule has 0 amide bonds. The van der Waals surface area contributed by atoms with E-state index >= 15 is 0 Å². The van der Waals surface area contributed by atoms with E-state index in [9.17, 15) is 0 Å². The molecule has 1 rings (SSSR count). The molecule has 1 N–H and O–H groups in total. The number of hydrogen-bond acceptors (Lipinski definition) is 1. The van der Waals surface area contributed by atoms with Crippen LogP contribution in [0.5, 0.6) is 0 Å². The van der Waals surface area contributed by atoms with Crippen LogP contribution in [0.4, 0.5) is 0 Å². The molecule has 0 saturated heterocycles. The summed E-state index contributed by atoms with van der Waals surface area (Å²) in [4.78, 5) is 3.23. The molecule has 0 aliphatic heterocycles. The van der Waals surface area contributed by atoms with Crippen LogP contribution in [0.25, 0.3) is 0 Å². The molecule has 1 aromatic heterocycles. The maximum atomic E-state index is 5.50. The molecule has 0 spiro atoms. The lowest BCUT2D eigenvalue weighted by Crippen LogP contribution is -2.35. The van der Waals surface area contributed by atoms with E-state index in [1.165, 1.54) is 5.69 Å². The summed E-state index contributed by atoms with van der Waals surface area (Å²) in [5, 5.41) is 0. The summed E-state index contributed by atoms with van der Waals surface area (Å²) >= 11 is 5.50. The van der Waals surface area contributed by atoms with E-state index in [0.717, 1.165) is 24.0 Å². The van der Waals surface area contributed by atoms with Crippen LogP contribution in [0, 0.1) is 4.77 Å². The van der Waals surface area contributed by atoms with Gasteiger partial charge >= 0.3 is 0 Å². The lowest BCUT2D eigenvalue weighted by Gasteiger charge is -2.36. The fourth-order valence-electron chi connectivity index (χ4n) is 2.62. The first-order valence-electron chi connectivity index (χ1n) is 6.63. The molecule has 0 unspecified atom stereocenters. The Balaban J connectivity index is 3.49. The first-order valence-corrected chi connectivity index (χ1v) is 7.04. The minimum Gasteiger partial charge on any atom is -0.337 e. The number of nitrogens with one attached hydrogen (secondary N) is 1. The average molecular weight is 254 g/mol. The molecule has 0 bridgehead atoms. The quantitative estimate of drug-likeness (QED) is 0.768. The zero-order chi connectivity index (χ0) is 13.3. The van der Waals surface area contributed by atoms with Crippen molar-refractivity contribution in [1.82, 2.24) is 9.55 Å². The Hall–Kier alpha value is -0.570. The molecule has 1 heterocycles. The molecule has 0 atom stereocenters. The zero-order valence-corrected chi connectivity index (χ0v) is 12.9. The number of hydrogen-bond donors (Lipinski definition) is 1. The highest BCUT2D eigenvalue weighted by atomic mass is 32.1. The highest BCUT2D eigenvalue weighted by Gasteiger charge is 2.32. The summed E-state index contributed by atoms with van der Waals surface area (Å²) in [6.07, 6.45) is 5.44. The van der Waals surface area contributed by atoms with E-state index < -0.39 is 0 Å². The maximum Gasteiger partial charge on any atom is 0.177 e. The summed E-state index contributed by atoms with van der Waals surface area (Å²) < 4.78 is 3.22. The normalized spacial score (nSPS) is 13.1. The fraction of sp³-hybridized carbons (Fsp3) is 0.786. The molecule has 0 saturated carbocycles. The van der Waals surface area contributed by atoms with Gasteiger partial charge in [0.05, 0.1) is 0 Å². The average Bonchev–Trinajstić information content (AvgIpc) is 2.65. The van der Waals surface area contributed by atoms with Gasteiger partial charge in [0.25, 0.3) is 0 Å². The summed E-state index contributed by atoms with van der Waals surface area (Å²) in [7, 11) is 0. The van der Waals surface area contributed by atoms with Gasteiger partial charge in [-0.3, -0.25) is 0 Å². The van der Waals surface area contributed by atoms with E-state index in [0.29, 0.717) is 0 Å². The largest absolute Gasteiger partial charge is 0.337 e.